The number of aryl methyl sites for hydroxylation is 1. The van der Waals surface area contributed by atoms with E-state index in [1.165, 1.54) is 0 Å². The number of fused-ring (bicyclic) bond motifs is 1. The average molecular weight is 354 g/mol. The zero-order valence-electron chi connectivity index (χ0n) is 15.5. The summed E-state index contributed by atoms with van der Waals surface area (Å²) in [7, 11) is 0. The van der Waals surface area contributed by atoms with Gasteiger partial charge in [-0.15, -0.1) is 0 Å². The van der Waals surface area contributed by atoms with E-state index in [0.717, 1.165) is 55.6 Å². The molecule has 26 heavy (non-hydrogen) atoms. The lowest BCUT2D eigenvalue weighted by Gasteiger charge is -2.17. The van der Waals surface area contributed by atoms with Crippen LogP contribution in [-0.2, 0) is 13.0 Å². The van der Waals surface area contributed by atoms with Gasteiger partial charge >= 0.3 is 0 Å². The van der Waals surface area contributed by atoms with Crippen LogP contribution < -0.4 is 10.6 Å². The molecule has 1 aliphatic heterocycles. The quantitative estimate of drug-likeness (QED) is 0.782. The van der Waals surface area contributed by atoms with Crippen molar-refractivity contribution in [3.63, 3.8) is 0 Å². The molecule has 0 radical (unpaired) electrons. The molecule has 138 valence electrons. The van der Waals surface area contributed by atoms with Gasteiger partial charge in [0.2, 0.25) is 0 Å². The number of unbranched alkanes of at least 4 members (excludes halogenated alkanes) is 1. The van der Waals surface area contributed by atoms with Gasteiger partial charge in [-0.05, 0) is 50.3 Å². The van der Waals surface area contributed by atoms with E-state index in [-0.39, 0.29) is 11.8 Å². The van der Waals surface area contributed by atoms with E-state index < -0.39 is 0 Å². The Balaban J connectivity index is 1.84. The molecule has 3 rings (SSSR count). The second-order valence-electron chi connectivity index (χ2n) is 6.77. The van der Waals surface area contributed by atoms with E-state index in [9.17, 15) is 9.59 Å². The number of hydrogen-bond donors (Lipinski definition) is 2. The topological polar surface area (TPSA) is 76.0 Å². The van der Waals surface area contributed by atoms with Gasteiger partial charge in [-0.3, -0.25) is 9.59 Å². The molecule has 0 fully saturated rings. The first-order valence-electron chi connectivity index (χ1n) is 9.35. The average Bonchev–Trinajstić information content (AvgIpc) is 3.02. The zero-order valence-corrected chi connectivity index (χ0v) is 15.5. The number of carbonyl (C=O) groups is 2. The van der Waals surface area contributed by atoms with Gasteiger partial charge in [0, 0.05) is 18.8 Å². The lowest BCUT2D eigenvalue weighted by Crippen LogP contribution is -2.28. The monoisotopic (exact) mass is 354 g/mol. The van der Waals surface area contributed by atoms with E-state index in [1.54, 1.807) is 0 Å². The number of carbonyl (C=O) groups excluding carboxylic acids is 2. The molecule has 0 saturated heterocycles. The first kappa shape index (κ1) is 18.2. The van der Waals surface area contributed by atoms with E-state index in [2.05, 4.69) is 22.5 Å². The molecule has 0 unspecified atom stereocenters. The molecule has 0 aliphatic carbocycles. The molecule has 2 amide bonds. The van der Waals surface area contributed by atoms with Crippen LogP contribution in [0.25, 0.3) is 0 Å². The van der Waals surface area contributed by atoms with Gasteiger partial charge in [0.15, 0.2) is 11.5 Å². The number of amides is 2. The molecule has 2 heterocycles. The number of imidazole rings is 1. The summed E-state index contributed by atoms with van der Waals surface area (Å²) in [6, 6.07) is 7.65. The van der Waals surface area contributed by atoms with Crippen molar-refractivity contribution in [1.82, 2.24) is 14.9 Å². The summed E-state index contributed by atoms with van der Waals surface area (Å²) in [6.45, 7) is 5.42. The third-order valence-corrected chi connectivity index (χ3v) is 4.63. The van der Waals surface area contributed by atoms with E-state index in [1.807, 2.05) is 35.8 Å². The zero-order chi connectivity index (χ0) is 18.5. The Labute approximate surface area is 154 Å². The maximum atomic E-state index is 12.8. The summed E-state index contributed by atoms with van der Waals surface area (Å²) in [5.74, 6) is -0.102. The number of rotatable bonds is 6. The third-order valence-electron chi connectivity index (χ3n) is 4.63. The number of benzene rings is 1. The van der Waals surface area contributed by atoms with Crippen molar-refractivity contribution in [3.8, 4) is 0 Å². The molecule has 1 aromatic carbocycles. The van der Waals surface area contributed by atoms with Gasteiger partial charge in [0.1, 0.15) is 0 Å². The lowest BCUT2D eigenvalue weighted by atomic mass is 10.1. The first-order valence-corrected chi connectivity index (χ1v) is 9.35. The molecule has 0 saturated carbocycles. The maximum absolute atomic E-state index is 12.8. The van der Waals surface area contributed by atoms with Crippen molar-refractivity contribution in [2.24, 2.45) is 0 Å². The van der Waals surface area contributed by atoms with Crippen LogP contribution in [0, 0.1) is 6.92 Å². The number of aromatic nitrogens is 2. The van der Waals surface area contributed by atoms with Gasteiger partial charge in [-0.2, -0.15) is 0 Å². The van der Waals surface area contributed by atoms with Crippen LogP contribution in [-0.4, -0.2) is 27.9 Å². The standard InChI is InChI=1S/C20H26N4O2/c1-3-4-11-21-20(26)18-23-17(16-10-5-6-12-24(16)18)19(25)22-15-9-7-8-14(2)13-15/h7-9,13H,3-6,10-12H2,1-2H3,(H,21,26)(H,22,25). The summed E-state index contributed by atoms with van der Waals surface area (Å²) in [5, 5.41) is 5.81. The second-order valence-corrected chi connectivity index (χ2v) is 6.77. The molecule has 2 N–H and O–H groups in total. The van der Waals surface area contributed by atoms with Crippen LogP contribution in [0.15, 0.2) is 24.3 Å². The molecule has 6 heteroatoms. The number of nitrogens with zero attached hydrogens (tertiary/aromatic N) is 2. The molecule has 0 spiro atoms. The Morgan fingerprint density at radius 1 is 1.23 bits per heavy atom. The summed E-state index contributed by atoms with van der Waals surface area (Å²) < 4.78 is 1.91. The van der Waals surface area contributed by atoms with Crippen LogP contribution in [0.2, 0.25) is 0 Å². The smallest absolute Gasteiger partial charge is 0.287 e. The highest BCUT2D eigenvalue weighted by Gasteiger charge is 2.27. The first-order chi connectivity index (χ1) is 12.6. The maximum Gasteiger partial charge on any atom is 0.287 e. The molecular weight excluding hydrogens is 328 g/mol. The Morgan fingerprint density at radius 2 is 2.08 bits per heavy atom. The van der Waals surface area contributed by atoms with Crippen LogP contribution in [0.4, 0.5) is 5.69 Å². The van der Waals surface area contributed by atoms with Crippen molar-refractivity contribution in [3.05, 3.63) is 47.0 Å². The molecule has 0 atom stereocenters. The van der Waals surface area contributed by atoms with Crippen LogP contribution in [0.3, 0.4) is 0 Å². The Bertz CT molecular complexity index is 810. The molecular formula is C20H26N4O2. The number of hydrogen-bond acceptors (Lipinski definition) is 3. The van der Waals surface area contributed by atoms with E-state index >= 15 is 0 Å². The molecule has 6 nitrogen and oxygen atoms in total. The van der Waals surface area contributed by atoms with Crippen molar-refractivity contribution < 1.29 is 9.59 Å². The summed E-state index contributed by atoms with van der Waals surface area (Å²) in [5.41, 5.74) is 3.04. The molecule has 1 aromatic heterocycles. The Hall–Kier alpha value is -2.63. The fourth-order valence-electron chi connectivity index (χ4n) is 3.27. The van der Waals surface area contributed by atoms with Crippen molar-refractivity contribution in [1.29, 1.82) is 0 Å². The lowest BCUT2D eigenvalue weighted by molar-refractivity contribution is 0.0937. The predicted octanol–water partition coefficient (Wildman–Crippen LogP) is 3.31. The summed E-state index contributed by atoms with van der Waals surface area (Å²) in [6.07, 6.45) is 4.72. The molecule has 2 aromatic rings. The highest BCUT2D eigenvalue weighted by Crippen LogP contribution is 2.22. The summed E-state index contributed by atoms with van der Waals surface area (Å²) in [4.78, 5) is 29.7. The van der Waals surface area contributed by atoms with Gasteiger partial charge in [-0.25, -0.2) is 4.98 Å². The van der Waals surface area contributed by atoms with E-state index in [4.69, 9.17) is 0 Å². The van der Waals surface area contributed by atoms with Crippen molar-refractivity contribution in [2.45, 2.75) is 52.5 Å². The highest BCUT2D eigenvalue weighted by molar-refractivity contribution is 6.05. The summed E-state index contributed by atoms with van der Waals surface area (Å²) >= 11 is 0. The van der Waals surface area contributed by atoms with E-state index in [0.29, 0.717) is 18.1 Å². The van der Waals surface area contributed by atoms with Crippen molar-refractivity contribution >= 4 is 17.5 Å². The highest BCUT2D eigenvalue weighted by atomic mass is 16.2. The minimum Gasteiger partial charge on any atom is -0.349 e. The SMILES string of the molecule is CCCCNC(=O)c1nc(C(=O)Nc2cccc(C)c2)c2n1CCCC2. The molecule has 0 bridgehead atoms. The fraction of sp³-hybridized carbons (Fsp3) is 0.450. The largest absolute Gasteiger partial charge is 0.349 e. The third kappa shape index (κ3) is 3.95. The fourth-order valence-corrected chi connectivity index (χ4v) is 3.27. The minimum atomic E-state index is -0.256. The van der Waals surface area contributed by atoms with Gasteiger partial charge in [-0.1, -0.05) is 25.5 Å². The van der Waals surface area contributed by atoms with Crippen LogP contribution in [0.1, 0.15) is 65.0 Å². The van der Waals surface area contributed by atoms with Gasteiger partial charge in [0.25, 0.3) is 11.8 Å². The van der Waals surface area contributed by atoms with Crippen LogP contribution in [0.5, 0.6) is 0 Å². The molecule has 1 aliphatic rings. The number of nitrogens with one attached hydrogen (secondary N) is 2. The second kappa shape index (κ2) is 8.17. The number of anilines is 1. The Kier molecular flexibility index (Phi) is 5.71. The van der Waals surface area contributed by atoms with Crippen molar-refractivity contribution in [2.75, 3.05) is 11.9 Å². The predicted molar refractivity (Wildman–Crippen MR) is 102 cm³/mol. The minimum absolute atomic E-state index is 0.198. The van der Waals surface area contributed by atoms with Gasteiger partial charge < -0.3 is 15.2 Å². The van der Waals surface area contributed by atoms with Crippen LogP contribution >= 0.6 is 0 Å². The normalized spacial score (nSPS) is 13.2. The van der Waals surface area contributed by atoms with Gasteiger partial charge in [0.05, 0.1) is 5.69 Å². The Morgan fingerprint density at radius 3 is 2.85 bits per heavy atom.